The summed E-state index contributed by atoms with van der Waals surface area (Å²) in [4.78, 5) is 0. The summed E-state index contributed by atoms with van der Waals surface area (Å²) in [7, 11) is -5.68. The molecule has 4 nitrogen and oxygen atoms in total. The van der Waals surface area contributed by atoms with E-state index >= 15 is 0 Å². The highest BCUT2D eigenvalue weighted by molar-refractivity contribution is 7.77. The van der Waals surface area contributed by atoms with E-state index in [-0.39, 0.29) is 0 Å². The molecule has 1 atom stereocenters. The molecule has 92 valence electrons. The Kier molecular flexibility index (Phi) is 6.36. The molecule has 0 aromatic rings. The van der Waals surface area contributed by atoms with Crippen molar-refractivity contribution >= 4 is 14.7 Å². The molecule has 0 aromatic carbocycles. The van der Waals surface area contributed by atoms with Crippen molar-refractivity contribution in [3.63, 3.8) is 0 Å². The van der Waals surface area contributed by atoms with Gasteiger partial charge in [0.2, 0.25) is 0 Å². The summed E-state index contributed by atoms with van der Waals surface area (Å²) in [5, 5.41) is -0.482. The Balaban J connectivity index is 5.03. The number of rotatable bonds is 7. The molecule has 0 heterocycles. The lowest BCUT2D eigenvalue weighted by atomic mass is 10.6. The van der Waals surface area contributed by atoms with Crippen LogP contribution in [0.1, 0.15) is 27.2 Å². The van der Waals surface area contributed by atoms with Gasteiger partial charge in [0.25, 0.3) is 0 Å². The van der Waals surface area contributed by atoms with Crippen molar-refractivity contribution in [2.75, 3.05) is 26.5 Å². The molecule has 0 saturated heterocycles. The van der Waals surface area contributed by atoms with Gasteiger partial charge in [-0.3, -0.25) is 4.57 Å². The monoisotopic (exact) mass is 256 g/mol. The summed E-state index contributed by atoms with van der Waals surface area (Å²) < 4.78 is 34.8. The van der Waals surface area contributed by atoms with E-state index < -0.39 is 20.1 Å². The van der Waals surface area contributed by atoms with Gasteiger partial charge in [0.1, 0.15) is 5.40 Å². The van der Waals surface area contributed by atoms with Gasteiger partial charge in [-0.05, 0) is 33.6 Å². The SMILES string of the molecule is CCOP(=O)(OCC)C(CC)P(C)(C)=O. The predicted octanol–water partition coefficient (Wildman–Crippen LogP) is 3.61. The van der Waals surface area contributed by atoms with Gasteiger partial charge in [0.05, 0.1) is 20.4 Å². The zero-order chi connectivity index (χ0) is 12.1. The Morgan fingerprint density at radius 2 is 1.40 bits per heavy atom. The molecule has 0 radical (unpaired) electrons. The van der Waals surface area contributed by atoms with Crippen molar-refractivity contribution in [1.29, 1.82) is 0 Å². The molecule has 0 spiro atoms. The van der Waals surface area contributed by atoms with Crippen molar-refractivity contribution < 1.29 is 18.2 Å². The topological polar surface area (TPSA) is 52.6 Å². The minimum atomic E-state index is -3.21. The first-order valence-electron chi connectivity index (χ1n) is 5.25. The van der Waals surface area contributed by atoms with E-state index in [1.165, 1.54) is 0 Å². The molecule has 0 fully saturated rings. The molecular formula is C9H22O4P2. The van der Waals surface area contributed by atoms with E-state index in [1.54, 1.807) is 27.2 Å². The van der Waals surface area contributed by atoms with Crippen LogP contribution in [-0.4, -0.2) is 31.9 Å². The maximum atomic E-state index is 12.4. The van der Waals surface area contributed by atoms with Crippen LogP contribution in [-0.2, 0) is 18.2 Å². The third-order valence-electron chi connectivity index (χ3n) is 2.07. The zero-order valence-corrected chi connectivity index (χ0v) is 12.0. The van der Waals surface area contributed by atoms with Crippen LogP contribution in [0.3, 0.4) is 0 Å². The Labute approximate surface area is 92.6 Å². The van der Waals surface area contributed by atoms with E-state index in [0.29, 0.717) is 19.6 Å². The molecule has 6 heteroatoms. The van der Waals surface area contributed by atoms with Crippen molar-refractivity contribution in [2.45, 2.75) is 32.6 Å². The molecule has 0 saturated carbocycles. The Hall–Kier alpha value is 0.380. The lowest BCUT2D eigenvalue weighted by molar-refractivity contribution is 0.217. The molecule has 0 aliphatic rings. The fourth-order valence-corrected chi connectivity index (χ4v) is 7.16. The van der Waals surface area contributed by atoms with Crippen LogP contribution in [0.25, 0.3) is 0 Å². The molecular weight excluding hydrogens is 234 g/mol. The second kappa shape index (κ2) is 6.20. The summed E-state index contributed by atoms with van der Waals surface area (Å²) in [5.41, 5.74) is 0. The lowest BCUT2D eigenvalue weighted by Gasteiger charge is -2.28. The molecule has 15 heavy (non-hydrogen) atoms. The maximum Gasteiger partial charge on any atom is 0.340 e. The third-order valence-corrected chi connectivity index (χ3v) is 8.72. The fraction of sp³-hybridized carbons (Fsp3) is 1.00. The Bertz CT molecular complexity index is 261. The van der Waals surface area contributed by atoms with Crippen molar-refractivity contribution in [3.05, 3.63) is 0 Å². The second-order valence-electron chi connectivity index (χ2n) is 3.70. The first-order chi connectivity index (χ1) is 6.81. The molecule has 0 aliphatic heterocycles. The van der Waals surface area contributed by atoms with Gasteiger partial charge in [-0.15, -0.1) is 0 Å². The Morgan fingerprint density at radius 1 is 1.00 bits per heavy atom. The van der Waals surface area contributed by atoms with Gasteiger partial charge in [-0.2, -0.15) is 0 Å². The molecule has 1 unspecified atom stereocenters. The van der Waals surface area contributed by atoms with E-state index in [1.807, 2.05) is 6.92 Å². The quantitative estimate of drug-likeness (QED) is 0.653. The lowest BCUT2D eigenvalue weighted by Crippen LogP contribution is -2.12. The van der Waals surface area contributed by atoms with Crippen LogP contribution in [0.2, 0.25) is 0 Å². The van der Waals surface area contributed by atoms with Crippen LogP contribution in [0.4, 0.5) is 0 Å². The van der Waals surface area contributed by atoms with Gasteiger partial charge in [0, 0.05) is 0 Å². The van der Waals surface area contributed by atoms with Gasteiger partial charge < -0.3 is 13.6 Å². The first kappa shape index (κ1) is 15.4. The average Bonchev–Trinajstić information content (AvgIpc) is 2.02. The molecule has 0 N–H and O–H groups in total. The molecule has 0 bridgehead atoms. The zero-order valence-electron chi connectivity index (χ0n) is 10.2. The van der Waals surface area contributed by atoms with Gasteiger partial charge in [-0.25, -0.2) is 0 Å². The van der Waals surface area contributed by atoms with Crippen LogP contribution < -0.4 is 0 Å². The average molecular weight is 256 g/mol. The van der Waals surface area contributed by atoms with Gasteiger partial charge in [0.15, 0.2) is 0 Å². The molecule has 0 aliphatic carbocycles. The highest BCUT2D eigenvalue weighted by atomic mass is 31.2. The summed E-state index contributed by atoms with van der Waals surface area (Å²) >= 11 is 0. The second-order valence-corrected chi connectivity index (χ2v) is 9.82. The predicted molar refractivity (Wildman–Crippen MR) is 64.4 cm³/mol. The minimum Gasteiger partial charge on any atom is -0.323 e. The van der Waals surface area contributed by atoms with Crippen molar-refractivity contribution in [2.24, 2.45) is 0 Å². The van der Waals surface area contributed by atoms with Crippen LogP contribution in [0.15, 0.2) is 0 Å². The highest BCUT2D eigenvalue weighted by Gasteiger charge is 2.41. The summed E-state index contributed by atoms with van der Waals surface area (Å²) in [5.74, 6) is 0. The van der Waals surface area contributed by atoms with Crippen LogP contribution in [0, 0.1) is 0 Å². The molecule has 0 aromatic heterocycles. The van der Waals surface area contributed by atoms with E-state index in [4.69, 9.17) is 9.05 Å². The highest BCUT2D eigenvalue weighted by Crippen LogP contribution is 2.67. The standard InChI is InChI=1S/C9H22O4P2/c1-6-9(14(4,5)10)15(11,12-7-2)13-8-3/h9H,6-8H2,1-5H3. The molecule has 0 rings (SSSR count). The van der Waals surface area contributed by atoms with Gasteiger partial charge in [-0.1, -0.05) is 6.92 Å². The van der Waals surface area contributed by atoms with E-state index in [0.717, 1.165) is 0 Å². The Morgan fingerprint density at radius 3 is 1.60 bits per heavy atom. The summed E-state index contributed by atoms with van der Waals surface area (Å²) in [6.07, 6.45) is 0.543. The molecule has 0 amide bonds. The summed E-state index contributed by atoms with van der Waals surface area (Å²) in [6.45, 7) is 9.26. The first-order valence-corrected chi connectivity index (χ1v) is 9.53. The number of hydrogen-bond acceptors (Lipinski definition) is 4. The van der Waals surface area contributed by atoms with E-state index in [9.17, 15) is 9.13 Å². The number of hydrogen-bond donors (Lipinski definition) is 0. The van der Waals surface area contributed by atoms with Crippen LogP contribution >= 0.6 is 14.7 Å². The van der Waals surface area contributed by atoms with Crippen LogP contribution in [0.5, 0.6) is 0 Å². The normalized spacial score (nSPS) is 15.3. The van der Waals surface area contributed by atoms with Crippen molar-refractivity contribution in [3.8, 4) is 0 Å². The van der Waals surface area contributed by atoms with Crippen molar-refractivity contribution in [1.82, 2.24) is 0 Å². The van der Waals surface area contributed by atoms with Gasteiger partial charge >= 0.3 is 7.60 Å². The van der Waals surface area contributed by atoms with E-state index in [2.05, 4.69) is 0 Å². The third kappa shape index (κ3) is 4.40. The minimum absolute atomic E-state index is 0.313. The largest absolute Gasteiger partial charge is 0.340 e. The maximum absolute atomic E-state index is 12.4. The summed E-state index contributed by atoms with van der Waals surface area (Å²) in [6, 6.07) is 0. The fourth-order valence-electron chi connectivity index (χ4n) is 1.57. The smallest absolute Gasteiger partial charge is 0.323 e.